The summed E-state index contributed by atoms with van der Waals surface area (Å²) in [7, 11) is 0. The van der Waals surface area contributed by atoms with Crippen molar-refractivity contribution in [2.75, 3.05) is 6.54 Å². The van der Waals surface area contributed by atoms with Crippen LogP contribution in [0.3, 0.4) is 0 Å². The highest BCUT2D eigenvalue weighted by Gasteiger charge is 2.36. The number of carbonyl (C=O) groups is 2. The minimum Gasteiger partial charge on any atom is -0.339 e. The molecule has 1 saturated heterocycles. The van der Waals surface area contributed by atoms with Crippen LogP contribution in [0.15, 0.2) is 0 Å². The molecule has 3 heteroatoms. The minimum absolute atomic E-state index is 0.137. The van der Waals surface area contributed by atoms with E-state index in [1.165, 1.54) is 0 Å². The maximum absolute atomic E-state index is 11.9. The molecule has 1 aliphatic carbocycles. The van der Waals surface area contributed by atoms with Crippen molar-refractivity contribution in [3.05, 3.63) is 0 Å². The van der Waals surface area contributed by atoms with Crippen molar-refractivity contribution in [2.24, 2.45) is 5.92 Å². The molecule has 16 heavy (non-hydrogen) atoms. The maximum atomic E-state index is 11.9. The van der Waals surface area contributed by atoms with Crippen LogP contribution in [0, 0.1) is 5.92 Å². The molecule has 0 aromatic heterocycles. The summed E-state index contributed by atoms with van der Waals surface area (Å²) in [4.78, 5) is 25.4. The third kappa shape index (κ3) is 2.28. The van der Waals surface area contributed by atoms with Gasteiger partial charge in [0.25, 0.3) is 0 Å². The number of likely N-dealkylation sites (tertiary alicyclic amines) is 1. The van der Waals surface area contributed by atoms with Gasteiger partial charge in [-0.3, -0.25) is 9.59 Å². The predicted molar refractivity (Wildman–Crippen MR) is 62.0 cm³/mol. The number of Topliss-reactive ketones (excluding diaryl/α,β-unsaturated/α-hetero) is 1. The van der Waals surface area contributed by atoms with Crippen molar-refractivity contribution >= 4 is 11.7 Å². The van der Waals surface area contributed by atoms with Gasteiger partial charge in [-0.05, 0) is 32.1 Å². The lowest BCUT2D eigenvalue weighted by atomic mass is 9.79. The molecule has 0 radical (unpaired) electrons. The number of amides is 1. The molecule has 1 amide bonds. The fraction of sp³-hybridized carbons (Fsp3) is 0.846. The second-order valence-electron chi connectivity index (χ2n) is 5.09. The average molecular weight is 223 g/mol. The quantitative estimate of drug-likeness (QED) is 0.683. The first-order valence-corrected chi connectivity index (χ1v) is 6.50. The maximum Gasteiger partial charge on any atom is 0.219 e. The van der Waals surface area contributed by atoms with Crippen LogP contribution in [0.2, 0.25) is 0 Å². The van der Waals surface area contributed by atoms with Crippen LogP contribution in [0.1, 0.15) is 51.9 Å². The first-order valence-electron chi connectivity index (χ1n) is 6.50. The highest BCUT2D eigenvalue weighted by molar-refractivity contribution is 5.83. The zero-order chi connectivity index (χ0) is 11.5. The van der Waals surface area contributed by atoms with Crippen LogP contribution in [-0.4, -0.2) is 29.2 Å². The highest BCUT2D eigenvalue weighted by atomic mass is 16.2. The van der Waals surface area contributed by atoms with Crippen molar-refractivity contribution in [1.82, 2.24) is 4.90 Å². The van der Waals surface area contributed by atoms with Crippen LogP contribution < -0.4 is 0 Å². The average Bonchev–Trinajstić information content (AvgIpc) is 2.29. The highest BCUT2D eigenvalue weighted by Crippen LogP contribution is 2.31. The lowest BCUT2D eigenvalue weighted by Gasteiger charge is -2.40. The predicted octanol–water partition coefficient (Wildman–Crippen LogP) is 2.15. The van der Waals surface area contributed by atoms with Gasteiger partial charge in [0, 0.05) is 31.8 Å². The first kappa shape index (κ1) is 11.6. The lowest BCUT2D eigenvalue weighted by molar-refractivity contribution is -0.137. The fourth-order valence-electron chi connectivity index (χ4n) is 3.18. The fourth-order valence-corrected chi connectivity index (χ4v) is 3.18. The first-order chi connectivity index (χ1) is 7.70. The van der Waals surface area contributed by atoms with E-state index < -0.39 is 0 Å². The smallest absolute Gasteiger partial charge is 0.219 e. The number of hydrogen-bond acceptors (Lipinski definition) is 2. The molecule has 3 nitrogen and oxygen atoms in total. The van der Waals surface area contributed by atoms with Gasteiger partial charge < -0.3 is 4.90 Å². The molecule has 0 aromatic carbocycles. The number of rotatable bonds is 1. The molecule has 2 rings (SSSR count). The van der Waals surface area contributed by atoms with Gasteiger partial charge in [0.15, 0.2) is 0 Å². The van der Waals surface area contributed by atoms with Crippen LogP contribution >= 0.6 is 0 Å². The molecule has 1 aliphatic heterocycles. The van der Waals surface area contributed by atoms with Crippen LogP contribution in [0.25, 0.3) is 0 Å². The Labute approximate surface area is 97.2 Å². The molecule has 0 aromatic rings. The molecule has 90 valence electrons. The Morgan fingerprint density at radius 1 is 1.19 bits per heavy atom. The van der Waals surface area contributed by atoms with Gasteiger partial charge in [0.1, 0.15) is 5.78 Å². The molecule has 1 heterocycles. The summed E-state index contributed by atoms with van der Waals surface area (Å²) in [5, 5.41) is 0. The SMILES string of the molecule is CC(=O)N1CCCCC1C1CCCCC1=O. The Morgan fingerprint density at radius 3 is 2.62 bits per heavy atom. The van der Waals surface area contributed by atoms with Crippen LogP contribution in [0.4, 0.5) is 0 Å². The molecule has 0 spiro atoms. The molecule has 0 bridgehead atoms. The van der Waals surface area contributed by atoms with Gasteiger partial charge in [0.2, 0.25) is 5.91 Å². The lowest BCUT2D eigenvalue weighted by Crippen LogP contribution is -2.49. The molecular formula is C13H21NO2. The Kier molecular flexibility index (Phi) is 3.62. The van der Waals surface area contributed by atoms with Crippen molar-refractivity contribution in [3.8, 4) is 0 Å². The molecule has 1 saturated carbocycles. The summed E-state index contributed by atoms with van der Waals surface area (Å²) in [6, 6.07) is 0.207. The van der Waals surface area contributed by atoms with E-state index in [0.717, 1.165) is 51.5 Å². The number of hydrogen-bond donors (Lipinski definition) is 0. The number of nitrogens with zero attached hydrogens (tertiary/aromatic N) is 1. The van der Waals surface area contributed by atoms with Gasteiger partial charge in [-0.1, -0.05) is 6.42 Å². The zero-order valence-electron chi connectivity index (χ0n) is 10.1. The van der Waals surface area contributed by atoms with E-state index in [-0.39, 0.29) is 17.9 Å². The third-order valence-electron chi connectivity index (χ3n) is 4.02. The molecule has 2 atom stereocenters. The normalized spacial score (nSPS) is 31.6. The third-order valence-corrected chi connectivity index (χ3v) is 4.02. The summed E-state index contributed by atoms with van der Waals surface area (Å²) >= 11 is 0. The molecule has 0 N–H and O–H groups in total. The summed E-state index contributed by atoms with van der Waals surface area (Å²) in [5.41, 5.74) is 0. The number of carbonyl (C=O) groups excluding carboxylic acids is 2. The van der Waals surface area contributed by atoms with Gasteiger partial charge in [0.05, 0.1) is 0 Å². The Balaban J connectivity index is 2.09. The zero-order valence-corrected chi connectivity index (χ0v) is 10.1. The van der Waals surface area contributed by atoms with Crippen molar-refractivity contribution < 1.29 is 9.59 Å². The van der Waals surface area contributed by atoms with Crippen molar-refractivity contribution in [2.45, 2.75) is 57.9 Å². The summed E-state index contributed by atoms with van der Waals surface area (Å²) in [5.74, 6) is 0.672. The van der Waals surface area contributed by atoms with Gasteiger partial charge in [-0.25, -0.2) is 0 Å². The molecule has 2 unspecified atom stereocenters. The van der Waals surface area contributed by atoms with Crippen molar-refractivity contribution in [3.63, 3.8) is 0 Å². The van der Waals surface area contributed by atoms with Crippen molar-refractivity contribution in [1.29, 1.82) is 0 Å². The molecule has 2 fully saturated rings. The van der Waals surface area contributed by atoms with E-state index in [2.05, 4.69) is 0 Å². The summed E-state index contributed by atoms with van der Waals surface area (Å²) in [6.07, 6.45) is 7.20. The van der Waals surface area contributed by atoms with E-state index in [1.807, 2.05) is 4.90 Å². The largest absolute Gasteiger partial charge is 0.339 e. The Morgan fingerprint density at radius 2 is 1.94 bits per heavy atom. The number of piperidine rings is 1. The van der Waals surface area contributed by atoms with Crippen LogP contribution in [-0.2, 0) is 9.59 Å². The second-order valence-corrected chi connectivity index (χ2v) is 5.09. The topological polar surface area (TPSA) is 37.4 Å². The minimum atomic E-state index is 0.137. The van der Waals surface area contributed by atoms with E-state index in [9.17, 15) is 9.59 Å². The Bertz CT molecular complexity index is 288. The monoisotopic (exact) mass is 223 g/mol. The van der Waals surface area contributed by atoms with E-state index in [1.54, 1.807) is 6.92 Å². The van der Waals surface area contributed by atoms with E-state index >= 15 is 0 Å². The standard InChI is InChI=1S/C13H21NO2/c1-10(15)14-9-5-4-7-12(14)11-6-2-3-8-13(11)16/h11-12H,2-9H2,1H3. The van der Waals surface area contributed by atoms with Crippen LogP contribution in [0.5, 0.6) is 0 Å². The summed E-state index contributed by atoms with van der Waals surface area (Å²) < 4.78 is 0. The van der Waals surface area contributed by atoms with Gasteiger partial charge in [-0.2, -0.15) is 0 Å². The second kappa shape index (κ2) is 4.98. The Hall–Kier alpha value is -0.860. The molecule has 2 aliphatic rings. The molecular weight excluding hydrogens is 202 g/mol. The van der Waals surface area contributed by atoms with E-state index in [4.69, 9.17) is 0 Å². The van der Waals surface area contributed by atoms with Gasteiger partial charge in [-0.15, -0.1) is 0 Å². The summed E-state index contributed by atoms with van der Waals surface area (Å²) in [6.45, 7) is 2.48. The van der Waals surface area contributed by atoms with E-state index in [0.29, 0.717) is 5.78 Å². The number of ketones is 1. The van der Waals surface area contributed by atoms with Gasteiger partial charge >= 0.3 is 0 Å².